The summed E-state index contributed by atoms with van der Waals surface area (Å²) in [7, 11) is 1.50. The summed E-state index contributed by atoms with van der Waals surface area (Å²) in [5, 5.41) is 10.8. The van der Waals surface area contributed by atoms with E-state index in [9.17, 15) is 18.7 Å². The number of hydrogen-bond acceptors (Lipinski definition) is 5. The highest BCUT2D eigenvalue weighted by molar-refractivity contribution is 5.94. The summed E-state index contributed by atoms with van der Waals surface area (Å²) in [5.41, 5.74) is -0.620. The van der Waals surface area contributed by atoms with Gasteiger partial charge in [0.15, 0.2) is 0 Å². The number of carbonyl (C=O) groups is 1. The van der Waals surface area contributed by atoms with Crippen LogP contribution in [0.25, 0.3) is 0 Å². The molecule has 138 valence electrons. The Morgan fingerprint density at radius 3 is 2.60 bits per heavy atom. The van der Waals surface area contributed by atoms with Crippen LogP contribution in [0.15, 0.2) is 18.3 Å². The van der Waals surface area contributed by atoms with Crippen molar-refractivity contribution in [1.29, 1.82) is 0 Å². The van der Waals surface area contributed by atoms with Gasteiger partial charge in [0, 0.05) is 51.3 Å². The SMILES string of the molecule is COc1ccc(C(=O)N2CC[C@@](O)(CN3CCC(F)(F)CC3)C2)cn1. The summed E-state index contributed by atoms with van der Waals surface area (Å²) >= 11 is 0. The van der Waals surface area contributed by atoms with Crippen molar-refractivity contribution < 1.29 is 23.4 Å². The summed E-state index contributed by atoms with van der Waals surface area (Å²) < 4.78 is 31.5. The van der Waals surface area contributed by atoms with E-state index in [1.807, 2.05) is 4.90 Å². The Morgan fingerprint density at radius 1 is 1.28 bits per heavy atom. The zero-order valence-corrected chi connectivity index (χ0v) is 14.3. The number of piperidine rings is 1. The van der Waals surface area contributed by atoms with E-state index in [1.165, 1.54) is 13.3 Å². The fourth-order valence-electron chi connectivity index (χ4n) is 3.42. The van der Waals surface area contributed by atoms with Crippen molar-refractivity contribution in [2.75, 3.05) is 39.8 Å². The molecule has 1 aromatic rings. The van der Waals surface area contributed by atoms with Crippen molar-refractivity contribution in [2.24, 2.45) is 0 Å². The molecule has 2 aliphatic rings. The van der Waals surface area contributed by atoms with Crippen LogP contribution >= 0.6 is 0 Å². The van der Waals surface area contributed by atoms with Gasteiger partial charge in [-0.1, -0.05) is 0 Å². The molecule has 0 spiro atoms. The summed E-state index contributed by atoms with van der Waals surface area (Å²) in [6, 6.07) is 3.25. The van der Waals surface area contributed by atoms with E-state index in [4.69, 9.17) is 4.74 Å². The van der Waals surface area contributed by atoms with Crippen molar-refractivity contribution >= 4 is 5.91 Å². The molecule has 0 bridgehead atoms. The van der Waals surface area contributed by atoms with E-state index in [1.54, 1.807) is 17.0 Å². The number of carbonyl (C=O) groups excluding carboxylic acids is 1. The van der Waals surface area contributed by atoms with Gasteiger partial charge in [-0.05, 0) is 12.5 Å². The molecule has 0 saturated carbocycles. The van der Waals surface area contributed by atoms with Crippen LogP contribution in [-0.2, 0) is 0 Å². The largest absolute Gasteiger partial charge is 0.481 e. The van der Waals surface area contributed by atoms with Crippen LogP contribution in [0.3, 0.4) is 0 Å². The second-order valence-electron chi connectivity index (χ2n) is 6.92. The molecule has 6 nitrogen and oxygen atoms in total. The minimum absolute atomic E-state index is 0.177. The molecule has 8 heteroatoms. The third-order valence-corrected chi connectivity index (χ3v) is 4.92. The van der Waals surface area contributed by atoms with Crippen LogP contribution in [-0.4, -0.2) is 77.2 Å². The quantitative estimate of drug-likeness (QED) is 0.884. The van der Waals surface area contributed by atoms with Gasteiger partial charge in [0.25, 0.3) is 11.8 Å². The smallest absolute Gasteiger partial charge is 0.255 e. The number of amides is 1. The number of hydrogen-bond donors (Lipinski definition) is 1. The van der Waals surface area contributed by atoms with Crippen molar-refractivity contribution in [3.8, 4) is 5.88 Å². The Labute approximate surface area is 145 Å². The van der Waals surface area contributed by atoms with E-state index in [-0.39, 0.29) is 38.4 Å². The number of β-amino-alcohol motifs (C(OH)–C–C–N with tert-alkyl or cyclic N) is 1. The maximum Gasteiger partial charge on any atom is 0.255 e. The number of halogens is 2. The van der Waals surface area contributed by atoms with Gasteiger partial charge in [-0.25, -0.2) is 13.8 Å². The van der Waals surface area contributed by atoms with E-state index < -0.39 is 11.5 Å². The lowest BCUT2D eigenvalue weighted by Gasteiger charge is -2.36. The highest BCUT2D eigenvalue weighted by Gasteiger charge is 2.42. The van der Waals surface area contributed by atoms with Gasteiger partial charge in [0.2, 0.25) is 5.88 Å². The summed E-state index contributed by atoms with van der Waals surface area (Å²) in [6.45, 7) is 1.49. The predicted octanol–water partition coefficient (Wildman–Crippen LogP) is 1.40. The first-order valence-electron chi connectivity index (χ1n) is 8.42. The van der Waals surface area contributed by atoms with Crippen LogP contribution in [0.4, 0.5) is 8.78 Å². The van der Waals surface area contributed by atoms with E-state index >= 15 is 0 Å². The number of pyridine rings is 1. The molecule has 0 unspecified atom stereocenters. The highest BCUT2D eigenvalue weighted by Crippen LogP contribution is 2.30. The van der Waals surface area contributed by atoms with Crippen molar-refractivity contribution in [3.05, 3.63) is 23.9 Å². The molecule has 1 N–H and O–H groups in total. The molecule has 3 heterocycles. The van der Waals surface area contributed by atoms with Gasteiger partial charge in [-0.3, -0.25) is 9.69 Å². The molecule has 0 radical (unpaired) electrons. The first-order valence-corrected chi connectivity index (χ1v) is 8.42. The summed E-state index contributed by atoms with van der Waals surface area (Å²) in [4.78, 5) is 20.0. The number of aromatic nitrogens is 1. The average molecular weight is 355 g/mol. The monoisotopic (exact) mass is 355 g/mol. The zero-order chi connectivity index (χ0) is 18.1. The van der Waals surface area contributed by atoms with Gasteiger partial charge in [0.05, 0.1) is 24.8 Å². The maximum absolute atomic E-state index is 13.2. The lowest BCUT2D eigenvalue weighted by Crippen LogP contribution is -2.49. The standard InChI is InChI=1S/C17H23F2N3O3/c1-25-14-3-2-13(10-20-14)15(23)22-9-4-16(24,12-22)11-21-7-5-17(18,19)6-8-21/h2-3,10,24H,4-9,11-12H2,1H3/t16-/m1/s1. The topological polar surface area (TPSA) is 65.9 Å². The molecule has 1 aromatic heterocycles. The molecule has 1 amide bonds. The minimum Gasteiger partial charge on any atom is -0.481 e. The van der Waals surface area contributed by atoms with Gasteiger partial charge >= 0.3 is 0 Å². The second-order valence-corrected chi connectivity index (χ2v) is 6.92. The number of ether oxygens (including phenoxy) is 1. The van der Waals surface area contributed by atoms with Crippen LogP contribution in [0.5, 0.6) is 5.88 Å². The third kappa shape index (κ3) is 4.24. The molecule has 1 atom stereocenters. The van der Waals surface area contributed by atoms with Gasteiger partial charge < -0.3 is 14.7 Å². The number of nitrogens with zero attached hydrogens (tertiary/aromatic N) is 3. The van der Waals surface area contributed by atoms with Gasteiger partial charge in [-0.2, -0.15) is 0 Å². The number of rotatable bonds is 4. The molecule has 0 aromatic carbocycles. The number of aliphatic hydroxyl groups is 1. The molecule has 2 aliphatic heterocycles. The van der Waals surface area contributed by atoms with Crippen LogP contribution in [0, 0.1) is 0 Å². The van der Waals surface area contributed by atoms with Crippen LogP contribution in [0.2, 0.25) is 0 Å². The molecule has 2 fully saturated rings. The number of methoxy groups -OCH3 is 1. The molecular formula is C17H23F2N3O3. The van der Waals surface area contributed by atoms with Crippen molar-refractivity contribution in [3.63, 3.8) is 0 Å². The van der Waals surface area contributed by atoms with Gasteiger partial charge in [-0.15, -0.1) is 0 Å². The Balaban J connectivity index is 1.57. The Bertz CT molecular complexity index is 616. The van der Waals surface area contributed by atoms with Crippen molar-refractivity contribution in [2.45, 2.75) is 30.8 Å². The fraction of sp³-hybridized carbons (Fsp3) is 0.647. The average Bonchev–Trinajstić information content (AvgIpc) is 2.98. The van der Waals surface area contributed by atoms with E-state index in [2.05, 4.69) is 4.98 Å². The first-order chi connectivity index (χ1) is 11.8. The third-order valence-electron chi connectivity index (χ3n) is 4.92. The number of likely N-dealkylation sites (tertiary alicyclic amines) is 2. The Kier molecular flexibility index (Phi) is 4.92. The Morgan fingerprint density at radius 2 is 2.00 bits per heavy atom. The predicted molar refractivity (Wildman–Crippen MR) is 86.9 cm³/mol. The maximum atomic E-state index is 13.2. The van der Waals surface area contributed by atoms with Gasteiger partial charge in [0.1, 0.15) is 0 Å². The van der Waals surface area contributed by atoms with E-state index in [0.717, 1.165) is 0 Å². The zero-order valence-electron chi connectivity index (χ0n) is 14.3. The first kappa shape index (κ1) is 18.0. The molecule has 3 rings (SSSR count). The lowest BCUT2D eigenvalue weighted by atomic mass is 10.00. The Hall–Kier alpha value is -1.80. The lowest BCUT2D eigenvalue weighted by molar-refractivity contribution is -0.0720. The van der Waals surface area contributed by atoms with Crippen LogP contribution < -0.4 is 4.74 Å². The summed E-state index contributed by atoms with van der Waals surface area (Å²) in [5.74, 6) is -2.37. The van der Waals surface area contributed by atoms with Crippen molar-refractivity contribution in [1.82, 2.24) is 14.8 Å². The fourth-order valence-corrected chi connectivity index (χ4v) is 3.42. The minimum atomic E-state index is -2.60. The number of alkyl halides is 2. The molecule has 25 heavy (non-hydrogen) atoms. The normalized spacial score (nSPS) is 26.6. The molecular weight excluding hydrogens is 332 g/mol. The van der Waals surface area contributed by atoms with Crippen LogP contribution in [0.1, 0.15) is 29.6 Å². The molecule has 2 saturated heterocycles. The molecule has 0 aliphatic carbocycles. The summed E-state index contributed by atoms with van der Waals surface area (Å²) in [6.07, 6.45) is 1.53. The van der Waals surface area contributed by atoms with E-state index in [0.29, 0.717) is 31.0 Å². The second kappa shape index (κ2) is 6.84. The highest BCUT2D eigenvalue weighted by atomic mass is 19.3.